The summed E-state index contributed by atoms with van der Waals surface area (Å²) in [7, 11) is 0. The number of nitrogens with zero attached hydrogens (tertiary/aromatic N) is 3. The van der Waals surface area contributed by atoms with Gasteiger partial charge in [0.25, 0.3) is 0 Å². The predicted octanol–water partition coefficient (Wildman–Crippen LogP) is 2.89. The van der Waals surface area contributed by atoms with Gasteiger partial charge in [0.2, 0.25) is 5.95 Å². The van der Waals surface area contributed by atoms with E-state index in [1.807, 2.05) is 16.8 Å². The second kappa shape index (κ2) is 4.59. The molecule has 3 rings (SSSR count). The Bertz CT molecular complexity index is 546. The monoisotopic (exact) mass is 244 g/mol. The van der Waals surface area contributed by atoms with Crippen LogP contribution >= 0.6 is 0 Å². The van der Waals surface area contributed by atoms with Crippen LogP contribution in [0, 0.1) is 18.8 Å². The van der Waals surface area contributed by atoms with Crippen LogP contribution < -0.4 is 5.32 Å². The third-order valence-corrected chi connectivity index (χ3v) is 4.04. The van der Waals surface area contributed by atoms with Gasteiger partial charge in [-0.15, -0.1) is 5.10 Å². The molecule has 1 saturated carbocycles. The highest BCUT2D eigenvalue weighted by atomic mass is 15.3. The summed E-state index contributed by atoms with van der Waals surface area (Å²) in [6.45, 7) is 5.41. The SMILES string of the molecule is Cc1ccc2nc(NCC3CCCC3C)nn2c1. The molecule has 4 nitrogen and oxygen atoms in total. The highest BCUT2D eigenvalue weighted by Gasteiger charge is 2.23. The Morgan fingerprint density at radius 1 is 1.39 bits per heavy atom. The summed E-state index contributed by atoms with van der Waals surface area (Å²) < 4.78 is 1.84. The van der Waals surface area contributed by atoms with Gasteiger partial charge in [0.05, 0.1) is 0 Å². The fourth-order valence-corrected chi connectivity index (χ4v) is 2.81. The molecule has 0 aliphatic heterocycles. The van der Waals surface area contributed by atoms with Crippen LogP contribution in [-0.2, 0) is 0 Å². The Morgan fingerprint density at radius 2 is 2.28 bits per heavy atom. The van der Waals surface area contributed by atoms with Crippen molar-refractivity contribution >= 4 is 11.6 Å². The molecule has 0 spiro atoms. The van der Waals surface area contributed by atoms with Gasteiger partial charge in [-0.25, -0.2) is 4.52 Å². The minimum Gasteiger partial charge on any atom is -0.353 e. The molecule has 2 unspecified atom stereocenters. The van der Waals surface area contributed by atoms with Crippen molar-refractivity contribution in [3.8, 4) is 0 Å². The summed E-state index contributed by atoms with van der Waals surface area (Å²) in [5, 5.41) is 7.84. The average molecular weight is 244 g/mol. The van der Waals surface area contributed by atoms with Gasteiger partial charge in [-0.3, -0.25) is 0 Å². The Kier molecular flexibility index (Phi) is 2.94. The zero-order valence-corrected chi connectivity index (χ0v) is 11.1. The number of aromatic nitrogens is 3. The molecule has 1 N–H and O–H groups in total. The van der Waals surface area contributed by atoms with E-state index >= 15 is 0 Å². The molecule has 1 aliphatic carbocycles. The molecule has 1 fully saturated rings. The van der Waals surface area contributed by atoms with Crippen LogP contribution in [0.5, 0.6) is 0 Å². The van der Waals surface area contributed by atoms with Crippen LogP contribution in [0.4, 0.5) is 5.95 Å². The predicted molar refractivity (Wildman–Crippen MR) is 72.7 cm³/mol. The first kappa shape index (κ1) is 11.5. The maximum atomic E-state index is 4.48. The minimum atomic E-state index is 0.750. The molecule has 2 atom stereocenters. The van der Waals surface area contributed by atoms with Crippen LogP contribution in [0.3, 0.4) is 0 Å². The van der Waals surface area contributed by atoms with Gasteiger partial charge in [-0.1, -0.05) is 25.8 Å². The van der Waals surface area contributed by atoms with Gasteiger partial charge < -0.3 is 5.32 Å². The summed E-state index contributed by atoms with van der Waals surface area (Å²) in [5.41, 5.74) is 2.10. The minimum absolute atomic E-state index is 0.750. The molecule has 1 aliphatic rings. The lowest BCUT2D eigenvalue weighted by Gasteiger charge is -2.14. The number of aryl methyl sites for hydroxylation is 1. The second-order valence-electron chi connectivity index (χ2n) is 5.49. The molecule has 4 heteroatoms. The second-order valence-corrected chi connectivity index (χ2v) is 5.49. The fraction of sp³-hybridized carbons (Fsp3) is 0.571. The lowest BCUT2D eigenvalue weighted by Crippen LogP contribution is -2.17. The van der Waals surface area contributed by atoms with Crippen molar-refractivity contribution in [3.05, 3.63) is 23.9 Å². The highest BCUT2D eigenvalue weighted by molar-refractivity contribution is 5.44. The number of fused-ring (bicyclic) bond motifs is 1. The Balaban J connectivity index is 1.71. The number of nitrogens with one attached hydrogen (secondary N) is 1. The van der Waals surface area contributed by atoms with Crippen molar-refractivity contribution in [2.24, 2.45) is 11.8 Å². The topological polar surface area (TPSA) is 42.2 Å². The summed E-state index contributed by atoms with van der Waals surface area (Å²) in [6, 6.07) is 4.07. The Morgan fingerprint density at radius 3 is 3.06 bits per heavy atom. The van der Waals surface area contributed by atoms with Crippen LogP contribution in [0.15, 0.2) is 18.3 Å². The molecule has 2 aromatic rings. The fourth-order valence-electron chi connectivity index (χ4n) is 2.81. The van der Waals surface area contributed by atoms with E-state index in [2.05, 4.69) is 35.3 Å². The lowest BCUT2D eigenvalue weighted by atomic mass is 9.98. The van der Waals surface area contributed by atoms with Gasteiger partial charge in [0.15, 0.2) is 5.65 Å². The standard InChI is InChI=1S/C14H20N4/c1-10-6-7-13-16-14(17-18(13)9-10)15-8-12-5-3-4-11(12)2/h6-7,9,11-12H,3-5,8H2,1-2H3,(H,15,17). The molecule has 2 aromatic heterocycles. The summed E-state index contributed by atoms with van der Waals surface area (Å²) in [5.74, 6) is 2.36. The summed E-state index contributed by atoms with van der Waals surface area (Å²) >= 11 is 0. The molecular formula is C14H20N4. The molecule has 0 radical (unpaired) electrons. The highest BCUT2D eigenvalue weighted by Crippen LogP contribution is 2.30. The largest absolute Gasteiger partial charge is 0.353 e. The van der Waals surface area contributed by atoms with Crippen molar-refractivity contribution < 1.29 is 0 Å². The van der Waals surface area contributed by atoms with E-state index in [-0.39, 0.29) is 0 Å². The Hall–Kier alpha value is -1.58. The van der Waals surface area contributed by atoms with Crippen LogP contribution in [-0.4, -0.2) is 21.1 Å². The third kappa shape index (κ3) is 2.19. The van der Waals surface area contributed by atoms with Gasteiger partial charge in [-0.05, 0) is 36.8 Å². The summed E-state index contributed by atoms with van der Waals surface area (Å²) in [6.07, 6.45) is 6.07. The van der Waals surface area contributed by atoms with E-state index in [9.17, 15) is 0 Å². The zero-order valence-electron chi connectivity index (χ0n) is 11.1. The van der Waals surface area contributed by atoms with E-state index < -0.39 is 0 Å². The van der Waals surface area contributed by atoms with Crippen LogP contribution in [0.25, 0.3) is 5.65 Å². The third-order valence-electron chi connectivity index (χ3n) is 4.04. The molecule has 18 heavy (non-hydrogen) atoms. The van der Waals surface area contributed by atoms with Crippen molar-refractivity contribution in [1.29, 1.82) is 0 Å². The quantitative estimate of drug-likeness (QED) is 0.902. The molecule has 2 heterocycles. The Labute approximate surface area is 107 Å². The van der Waals surface area contributed by atoms with E-state index in [0.717, 1.165) is 30.0 Å². The molecule has 96 valence electrons. The maximum absolute atomic E-state index is 4.48. The molecular weight excluding hydrogens is 224 g/mol. The number of hydrogen-bond donors (Lipinski definition) is 1. The van der Waals surface area contributed by atoms with E-state index in [4.69, 9.17) is 0 Å². The van der Waals surface area contributed by atoms with Crippen molar-refractivity contribution in [2.75, 3.05) is 11.9 Å². The van der Waals surface area contributed by atoms with E-state index in [1.165, 1.54) is 24.8 Å². The van der Waals surface area contributed by atoms with Crippen molar-refractivity contribution in [3.63, 3.8) is 0 Å². The van der Waals surface area contributed by atoms with E-state index in [1.54, 1.807) is 0 Å². The molecule has 0 saturated heterocycles. The van der Waals surface area contributed by atoms with E-state index in [0.29, 0.717) is 0 Å². The van der Waals surface area contributed by atoms with Gasteiger partial charge in [-0.2, -0.15) is 4.98 Å². The normalized spacial score (nSPS) is 23.7. The van der Waals surface area contributed by atoms with Crippen molar-refractivity contribution in [1.82, 2.24) is 14.6 Å². The molecule has 0 amide bonds. The van der Waals surface area contributed by atoms with Gasteiger partial charge >= 0.3 is 0 Å². The van der Waals surface area contributed by atoms with Crippen LogP contribution in [0.1, 0.15) is 31.7 Å². The average Bonchev–Trinajstić information content (AvgIpc) is 2.92. The van der Waals surface area contributed by atoms with Crippen molar-refractivity contribution in [2.45, 2.75) is 33.1 Å². The maximum Gasteiger partial charge on any atom is 0.243 e. The molecule has 0 aromatic carbocycles. The number of pyridine rings is 1. The first-order valence-electron chi connectivity index (χ1n) is 6.79. The first-order chi connectivity index (χ1) is 8.72. The van der Waals surface area contributed by atoms with Gasteiger partial charge in [0, 0.05) is 12.7 Å². The van der Waals surface area contributed by atoms with Crippen LogP contribution in [0.2, 0.25) is 0 Å². The first-order valence-corrected chi connectivity index (χ1v) is 6.79. The zero-order chi connectivity index (χ0) is 12.5. The number of hydrogen-bond acceptors (Lipinski definition) is 3. The lowest BCUT2D eigenvalue weighted by molar-refractivity contribution is 0.439. The smallest absolute Gasteiger partial charge is 0.243 e. The number of rotatable bonds is 3. The molecule has 0 bridgehead atoms. The van der Waals surface area contributed by atoms with Gasteiger partial charge in [0.1, 0.15) is 0 Å². The summed E-state index contributed by atoms with van der Waals surface area (Å²) in [4.78, 5) is 4.48. The number of anilines is 1.